The topological polar surface area (TPSA) is 53.8 Å². The van der Waals surface area contributed by atoms with E-state index in [-0.39, 0.29) is 5.91 Å². The number of fused-ring (bicyclic) bond motifs is 1. The summed E-state index contributed by atoms with van der Waals surface area (Å²) in [5.41, 5.74) is 1.72. The van der Waals surface area contributed by atoms with E-state index >= 15 is 0 Å². The molecule has 1 fully saturated rings. The number of aromatic nitrogens is 2. The zero-order valence-corrected chi connectivity index (χ0v) is 16.1. The Kier molecular flexibility index (Phi) is 5.03. The molecular weight excluding hydrogens is 342 g/mol. The molecule has 0 bridgehead atoms. The Balaban J connectivity index is 1.40. The molecule has 1 amide bonds. The molecule has 0 saturated carbocycles. The maximum absolute atomic E-state index is 12.9. The second-order valence-corrected chi connectivity index (χ2v) is 7.09. The standard InChI is InChI=1S/C20H27N5O2/c1-3-22-7-8-25-14-18(21-19(25)15-22)20(26)24-11-9-23(10-12-24)16-5-4-6-17(13-16)27-2/h4-6,13-14H,3,7-12,15H2,1-2H3. The van der Waals surface area contributed by atoms with E-state index in [0.29, 0.717) is 18.8 Å². The molecule has 27 heavy (non-hydrogen) atoms. The summed E-state index contributed by atoms with van der Waals surface area (Å²) in [7, 11) is 1.68. The van der Waals surface area contributed by atoms with Crippen LogP contribution in [0.3, 0.4) is 0 Å². The Morgan fingerprint density at radius 1 is 1.15 bits per heavy atom. The van der Waals surface area contributed by atoms with E-state index in [1.54, 1.807) is 7.11 Å². The minimum Gasteiger partial charge on any atom is -0.497 e. The van der Waals surface area contributed by atoms with Crippen LogP contribution in [0.25, 0.3) is 0 Å². The lowest BCUT2D eigenvalue weighted by Gasteiger charge is -2.35. The first-order chi connectivity index (χ1) is 13.2. The predicted octanol–water partition coefficient (Wildman–Crippen LogP) is 1.69. The van der Waals surface area contributed by atoms with Gasteiger partial charge >= 0.3 is 0 Å². The van der Waals surface area contributed by atoms with E-state index in [9.17, 15) is 4.79 Å². The number of amides is 1. The van der Waals surface area contributed by atoms with Crippen molar-refractivity contribution in [3.8, 4) is 5.75 Å². The van der Waals surface area contributed by atoms with Crippen molar-refractivity contribution < 1.29 is 9.53 Å². The largest absolute Gasteiger partial charge is 0.497 e. The van der Waals surface area contributed by atoms with E-state index in [1.165, 1.54) is 0 Å². The number of carbonyl (C=O) groups excluding carboxylic acids is 1. The van der Waals surface area contributed by atoms with Gasteiger partial charge in [-0.05, 0) is 18.7 Å². The van der Waals surface area contributed by atoms with Crippen molar-refractivity contribution in [1.29, 1.82) is 0 Å². The molecular formula is C20H27N5O2. The molecule has 4 rings (SSSR count). The molecule has 144 valence electrons. The van der Waals surface area contributed by atoms with Crippen molar-refractivity contribution in [2.75, 3.05) is 51.3 Å². The number of hydrogen-bond acceptors (Lipinski definition) is 5. The number of nitrogens with zero attached hydrogens (tertiary/aromatic N) is 5. The fraction of sp³-hybridized carbons (Fsp3) is 0.500. The van der Waals surface area contributed by atoms with Crippen molar-refractivity contribution in [3.63, 3.8) is 0 Å². The molecule has 0 unspecified atom stereocenters. The predicted molar refractivity (Wildman–Crippen MR) is 104 cm³/mol. The van der Waals surface area contributed by atoms with Crippen LogP contribution in [0.1, 0.15) is 23.2 Å². The fourth-order valence-corrected chi connectivity index (χ4v) is 3.81. The minimum atomic E-state index is 0.0465. The van der Waals surface area contributed by atoms with Gasteiger partial charge in [0.15, 0.2) is 0 Å². The molecule has 1 aromatic carbocycles. The molecule has 0 radical (unpaired) electrons. The van der Waals surface area contributed by atoms with Crippen molar-refractivity contribution in [1.82, 2.24) is 19.4 Å². The number of piperazine rings is 1. The Bertz CT molecular complexity index is 810. The molecule has 0 N–H and O–H groups in total. The molecule has 3 heterocycles. The van der Waals surface area contributed by atoms with E-state index in [0.717, 1.165) is 56.5 Å². The van der Waals surface area contributed by atoms with Gasteiger partial charge in [-0.1, -0.05) is 13.0 Å². The molecule has 2 aliphatic rings. The minimum absolute atomic E-state index is 0.0465. The quantitative estimate of drug-likeness (QED) is 0.821. The molecule has 2 aromatic rings. The molecule has 7 nitrogen and oxygen atoms in total. The molecule has 0 aliphatic carbocycles. The van der Waals surface area contributed by atoms with Gasteiger partial charge < -0.3 is 19.1 Å². The number of benzene rings is 1. The Hall–Kier alpha value is -2.54. The number of methoxy groups -OCH3 is 1. The molecule has 7 heteroatoms. The zero-order chi connectivity index (χ0) is 18.8. The van der Waals surface area contributed by atoms with Crippen LogP contribution in [0.15, 0.2) is 30.5 Å². The molecule has 0 spiro atoms. The van der Waals surface area contributed by atoms with E-state index < -0.39 is 0 Å². The summed E-state index contributed by atoms with van der Waals surface area (Å²) in [5, 5.41) is 0. The lowest BCUT2D eigenvalue weighted by molar-refractivity contribution is 0.0741. The summed E-state index contributed by atoms with van der Waals surface area (Å²) < 4.78 is 7.44. The highest BCUT2D eigenvalue weighted by atomic mass is 16.5. The summed E-state index contributed by atoms with van der Waals surface area (Å²) in [6.07, 6.45) is 1.93. The van der Waals surface area contributed by atoms with Crippen LogP contribution in [-0.4, -0.2) is 71.6 Å². The molecule has 1 aromatic heterocycles. The Morgan fingerprint density at radius 3 is 2.70 bits per heavy atom. The summed E-state index contributed by atoms with van der Waals surface area (Å²) in [6, 6.07) is 8.08. The lowest BCUT2D eigenvalue weighted by Crippen LogP contribution is -2.48. The van der Waals surface area contributed by atoms with Crippen LogP contribution in [0.2, 0.25) is 0 Å². The summed E-state index contributed by atoms with van der Waals surface area (Å²) >= 11 is 0. The van der Waals surface area contributed by atoms with E-state index in [2.05, 4.69) is 32.3 Å². The average Bonchev–Trinajstić information content (AvgIpc) is 3.16. The number of hydrogen-bond donors (Lipinski definition) is 0. The van der Waals surface area contributed by atoms with Gasteiger partial charge in [-0.3, -0.25) is 9.69 Å². The first kappa shape index (κ1) is 17.9. The van der Waals surface area contributed by atoms with Gasteiger partial charge in [0.2, 0.25) is 0 Å². The van der Waals surface area contributed by atoms with Crippen molar-refractivity contribution in [3.05, 3.63) is 42.0 Å². The van der Waals surface area contributed by atoms with Crippen LogP contribution in [0.5, 0.6) is 5.75 Å². The summed E-state index contributed by atoms with van der Waals surface area (Å²) in [5.74, 6) is 1.91. The van der Waals surface area contributed by atoms with E-state index in [4.69, 9.17) is 4.74 Å². The second kappa shape index (κ2) is 7.60. The highest BCUT2D eigenvalue weighted by Crippen LogP contribution is 2.22. The zero-order valence-electron chi connectivity index (χ0n) is 16.1. The van der Waals surface area contributed by atoms with Crippen LogP contribution in [-0.2, 0) is 13.1 Å². The van der Waals surface area contributed by atoms with Crippen molar-refractivity contribution >= 4 is 11.6 Å². The maximum atomic E-state index is 12.9. The highest BCUT2D eigenvalue weighted by molar-refractivity contribution is 5.92. The number of anilines is 1. The van der Waals surface area contributed by atoms with Gasteiger partial charge in [0.05, 0.1) is 13.7 Å². The van der Waals surface area contributed by atoms with Crippen LogP contribution in [0, 0.1) is 0 Å². The first-order valence-corrected chi connectivity index (χ1v) is 9.64. The van der Waals surface area contributed by atoms with Gasteiger partial charge in [0.1, 0.15) is 17.3 Å². The lowest BCUT2D eigenvalue weighted by atomic mass is 10.2. The van der Waals surface area contributed by atoms with E-state index in [1.807, 2.05) is 29.3 Å². The SMILES string of the molecule is CCN1CCn2cc(C(=O)N3CCN(c4cccc(OC)c4)CC3)nc2C1. The average molecular weight is 369 g/mol. The number of likely N-dealkylation sites (N-methyl/N-ethyl adjacent to an activating group) is 1. The third kappa shape index (κ3) is 3.64. The van der Waals surface area contributed by atoms with Crippen LogP contribution >= 0.6 is 0 Å². The first-order valence-electron chi connectivity index (χ1n) is 9.64. The number of rotatable bonds is 4. The number of ether oxygens (including phenoxy) is 1. The highest BCUT2D eigenvalue weighted by Gasteiger charge is 2.26. The van der Waals surface area contributed by atoms with Gasteiger partial charge in [0, 0.05) is 57.2 Å². The van der Waals surface area contributed by atoms with Crippen molar-refractivity contribution in [2.45, 2.75) is 20.0 Å². The summed E-state index contributed by atoms with van der Waals surface area (Å²) in [6.45, 7) is 8.98. The number of carbonyl (C=O) groups is 1. The third-order valence-corrected chi connectivity index (χ3v) is 5.53. The fourth-order valence-electron chi connectivity index (χ4n) is 3.81. The van der Waals surface area contributed by atoms with Crippen LogP contribution in [0.4, 0.5) is 5.69 Å². The second-order valence-electron chi connectivity index (χ2n) is 7.09. The van der Waals surface area contributed by atoms with Gasteiger partial charge in [-0.25, -0.2) is 4.98 Å². The van der Waals surface area contributed by atoms with Crippen molar-refractivity contribution in [2.24, 2.45) is 0 Å². The normalized spacial score (nSPS) is 17.7. The smallest absolute Gasteiger partial charge is 0.274 e. The Labute approximate surface area is 160 Å². The third-order valence-electron chi connectivity index (χ3n) is 5.53. The van der Waals surface area contributed by atoms with Crippen LogP contribution < -0.4 is 9.64 Å². The van der Waals surface area contributed by atoms with Gasteiger partial charge in [-0.15, -0.1) is 0 Å². The van der Waals surface area contributed by atoms with Gasteiger partial charge in [0.25, 0.3) is 5.91 Å². The monoisotopic (exact) mass is 369 g/mol. The molecule has 1 saturated heterocycles. The maximum Gasteiger partial charge on any atom is 0.274 e. The Morgan fingerprint density at radius 2 is 1.96 bits per heavy atom. The number of imidazole rings is 1. The molecule has 2 aliphatic heterocycles. The summed E-state index contributed by atoms with van der Waals surface area (Å²) in [4.78, 5) is 24.1. The molecule has 0 atom stereocenters. The van der Waals surface area contributed by atoms with Gasteiger partial charge in [-0.2, -0.15) is 0 Å².